The van der Waals surface area contributed by atoms with E-state index in [0.717, 1.165) is 0 Å². The van der Waals surface area contributed by atoms with E-state index < -0.39 is 0 Å². The zero-order valence-corrected chi connectivity index (χ0v) is 8.60. The minimum atomic E-state index is 1.17. The minimum absolute atomic E-state index is 1.17. The van der Waals surface area contributed by atoms with E-state index >= 15 is 0 Å². The van der Waals surface area contributed by atoms with Gasteiger partial charge in [-0.05, 0) is 19.8 Å². The number of unbranched alkanes of at least 4 members (excludes halogenated alkanes) is 4. The maximum atomic E-state index is 3.98. The molecule has 12 heavy (non-hydrogen) atoms. The summed E-state index contributed by atoms with van der Waals surface area (Å²) < 4.78 is 0. The van der Waals surface area contributed by atoms with Crippen molar-refractivity contribution >= 4 is 0 Å². The van der Waals surface area contributed by atoms with E-state index in [0.29, 0.717) is 0 Å². The summed E-state index contributed by atoms with van der Waals surface area (Å²) in [7, 11) is 0. The van der Waals surface area contributed by atoms with Crippen LogP contribution in [0.5, 0.6) is 0 Å². The van der Waals surface area contributed by atoms with Crippen LogP contribution in [0.4, 0.5) is 0 Å². The van der Waals surface area contributed by atoms with Crippen molar-refractivity contribution in [3.63, 3.8) is 0 Å². The molecule has 0 aromatic carbocycles. The van der Waals surface area contributed by atoms with E-state index in [1.165, 1.54) is 44.1 Å². The molecule has 0 aliphatic rings. The summed E-state index contributed by atoms with van der Waals surface area (Å²) in [5.74, 6) is 0. The number of hydrogen-bond donors (Lipinski definition) is 0. The molecule has 0 aliphatic heterocycles. The van der Waals surface area contributed by atoms with Crippen molar-refractivity contribution in [3.05, 3.63) is 24.3 Å². The maximum absolute atomic E-state index is 3.98. The Kier molecular flexibility index (Phi) is 8.20. The van der Waals surface area contributed by atoms with Gasteiger partial charge in [-0.2, -0.15) is 0 Å². The third kappa shape index (κ3) is 7.59. The van der Waals surface area contributed by atoms with Crippen molar-refractivity contribution < 1.29 is 0 Å². The molecule has 0 nitrogen and oxygen atoms in total. The first kappa shape index (κ1) is 11.5. The maximum Gasteiger partial charge on any atom is -0.0285 e. The van der Waals surface area contributed by atoms with Crippen LogP contribution in [0, 0.1) is 0 Å². The quantitative estimate of drug-likeness (QED) is 0.386. The van der Waals surface area contributed by atoms with Crippen LogP contribution in [-0.2, 0) is 0 Å². The molecule has 0 heterocycles. The molecule has 0 fully saturated rings. The summed E-state index contributed by atoms with van der Waals surface area (Å²) in [6, 6.07) is 0. The Balaban J connectivity index is 3.14. The van der Waals surface area contributed by atoms with Gasteiger partial charge < -0.3 is 0 Å². The van der Waals surface area contributed by atoms with Crippen LogP contribution in [0.2, 0.25) is 0 Å². The second-order valence-electron chi connectivity index (χ2n) is 3.32. The lowest BCUT2D eigenvalue weighted by molar-refractivity contribution is 0.633. The van der Waals surface area contributed by atoms with Gasteiger partial charge in [0, 0.05) is 0 Å². The third-order valence-corrected chi connectivity index (χ3v) is 2.00. The molecule has 0 amide bonds. The topological polar surface area (TPSA) is 0 Å². The molecule has 0 saturated carbocycles. The zero-order valence-electron chi connectivity index (χ0n) is 8.60. The van der Waals surface area contributed by atoms with Gasteiger partial charge in [-0.3, -0.25) is 0 Å². The Bertz CT molecular complexity index is 131. The van der Waals surface area contributed by atoms with E-state index in [1.807, 2.05) is 6.92 Å². The Morgan fingerprint density at radius 1 is 1.17 bits per heavy atom. The Labute approximate surface area is 77.4 Å². The first-order chi connectivity index (χ1) is 5.81. The van der Waals surface area contributed by atoms with E-state index in [1.54, 1.807) is 0 Å². The first-order valence-corrected chi connectivity index (χ1v) is 5.11. The molecule has 0 heteroatoms. The SMILES string of the molecule is C=C(/C=C/C)CCCCCCC. The summed E-state index contributed by atoms with van der Waals surface area (Å²) in [4.78, 5) is 0. The summed E-state index contributed by atoms with van der Waals surface area (Å²) in [5.41, 5.74) is 1.27. The molecule has 0 aliphatic carbocycles. The Morgan fingerprint density at radius 2 is 1.83 bits per heavy atom. The zero-order chi connectivity index (χ0) is 9.23. The predicted molar refractivity (Wildman–Crippen MR) is 57.3 cm³/mol. The number of allylic oxidation sites excluding steroid dienone is 3. The van der Waals surface area contributed by atoms with Crippen molar-refractivity contribution in [2.45, 2.75) is 52.4 Å². The molecule has 0 radical (unpaired) electrons. The molecule has 70 valence electrons. The highest BCUT2D eigenvalue weighted by atomic mass is 14.0. The van der Waals surface area contributed by atoms with E-state index in [-0.39, 0.29) is 0 Å². The van der Waals surface area contributed by atoms with Crippen LogP contribution in [0.3, 0.4) is 0 Å². The normalized spacial score (nSPS) is 10.8. The average molecular weight is 166 g/mol. The summed E-state index contributed by atoms with van der Waals surface area (Å²) >= 11 is 0. The standard InChI is InChI=1S/C12H22/c1-4-6-7-8-9-11-12(3)10-5-2/h5,10H,3-4,6-9,11H2,1-2H3/b10-5+. The van der Waals surface area contributed by atoms with Crippen LogP contribution in [0.15, 0.2) is 24.3 Å². The molecular formula is C12H22. The van der Waals surface area contributed by atoms with Crippen molar-refractivity contribution in [1.82, 2.24) is 0 Å². The first-order valence-electron chi connectivity index (χ1n) is 5.11. The van der Waals surface area contributed by atoms with Crippen LogP contribution < -0.4 is 0 Å². The summed E-state index contributed by atoms with van der Waals surface area (Å²) in [5, 5.41) is 0. The fraction of sp³-hybridized carbons (Fsp3) is 0.667. The largest absolute Gasteiger partial charge is 0.0958 e. The van der Waals surface area contributed by atoms with Crippen LogP contribution in [-0.4, -0.2) is 0 Å². The molecule has 0 aromatic rings. The highest BCUT2D eigenvalue weighted by Crippen LogP contribution is 2.10. The van der Waals surface area contributed by atoms with Crippen molar-refractivity contribution in [2.75, 3.05) is 0 Å². The van der Waals surface area contributed by atoms with Gasteiger partial charge >= 0.3 is 0 Å². The molecule has 0 N–H and O–H groups in total. The highest BCUT2D eigenvalue weighted by Gasteiger charge is 1.90. The van der Waals surface area contributed by atoms with Crippen molar-refractivity contribution in [2.24, 2.45) is 0 Å². The fourth-order valence-corrected chi connectivity index (χ4v) is 1.27. The number of rotatable bonds is 7. The number of hydrogen-bond acceptors (Lipinski definition) is 0. The highest BCUT2D eigenvalue weighted by molar-refractivity contribution is 5.12. The predicted octanol–water partition coefficient (Wildman–Crippen LogP) is 4.48. The smallest absolute Gasteiger partial charge is 0.0285 e. The summed E-state index contributed by atoms with van der Waals surface area (Å²) in [6.07, 6.45) is 12.1. The lowest BCUT2D eigenvalue weighted by atomic mass is 10.1. The lowest BCUT2D eigenvalue weighted by Gasteiger charge is -1.99. The van der Waals surface area contributed by atoms with E-state index in [9.17, 15) is 0 Å². The van der Waals surface area contributed by atoms with Gasteiger partial charge in [0.2, 0.25) is 0 Å². The van der Waals surface area contributed by atoms with Crippen LogP contribution >= 0.6 is 0 Å². The molecule has 0 rings (SSSR count). The molecule has 0 bridgehead atoms. The molecule has 0 aromatic heterocycles. The van der Waals surface area contributed by atoms with Gasteiger partial charge in [0.05, 0.1) is 0 Å². The Hall–Kier alpha value is -0.520. The van der Waals surface area contributed by atoms with E-state index in [4.69, 9.17) is 0 Å². The van der Waals surface area contributed by atoms with Gasteiger partial charge in [0.1, 0.15) is 0 Å². The monoisotopic (exact) mass is 166 g/mol. The Morgan fingerprint density at radius 3 is 2.42 bits per heavy atom. The van der Waals surface area contributed by atoms with Gasteiger partial charge in [-0.1, -0.05) is 56.9 Å². The summed E-state index contributed by atoms with van der Waals surface area (Å²) in [6.45, 7) is 8.27. The average Bonchev–Trinajstić information content (AvgIpc) is 2.05. The molecule has 0 spiro atoms. The second kappa shape index (κ2) is 8.58. The molecule has 0 atom stereocenters. The lowest BCUT2D eigenvalue weighted by Crippen LogP contribution is -1.79. The fourth-order valence-electron chi connectivity index (χ4n) is 1.27. The van der Waals surface area contributed by atoms with Gasteiger partial charge in [0.15, 0.2) is 0 Å². The van der Waals surface area contributed by atoms with Gasteiger partial charge in [0.25, 0.3) is 0 Å². The molecular weight excluding hydrogens is 144 g/mol. The molecule has 0 saturated heterocycles. The second-order valence-corrected chi connectivity index (χ2v) is 3.32. The third-order valence-electron chi connectivity index (χ3n) is 2.00. The van der Waals surface area contributed by atoms with Gasteiger partial charge in [-0.15, -0.1) is 0 Å². The van der Waals surface area contributed by atoms with E-state index in [2.05, 4.69) is 25.7 Å². The van der Waals surface area contributed by atoms with Crippen molar-refractivity contribution in [1.29, 1.82) is 0 Å². The van der Waals surface area contributed by atoms with Crippen LogP contribution in [0.1, 0.15) is 52.4 Å². The van der Waals surface area contributed by atoms with Crippen LogP contribution in [0.25, 0.3) is 0 Å². The molecule has 0 unspecified atom stereocenters. The minimum Gasteiger partial charge on any atom is -0.0958 e. The van der Waals surface area contributed by atoms with Crippen molar-refractivity contribution in [3.8, 4) is 0 Å². The van der Waals surface area contributed by atoms with Gasteiger partial charge in [-0.25, -0.2) is 0 Å².